The van der Waals surface area contributed by atoms with Crippen molar-refractivity contribution in [3.05, 3.63) is 102 Å². The van der Waals surface area contributed by atoms with E-state index >= 15 is 0 Å². The summed E-state index contributed by atoms with van der Waals surface area (Å²) in [5.41, 5.74) is 3.22. The Hall–Kier alpha value is -3.57. The zero-order valence-corrected chi connectivity index (χ0v) is 18.6. The van der Waals surface area contributed by atoms with Crippen molar-refractivity contribution in [3.63, 3.8) is 0 Å². The number of halogens is 2. The van der Waals surface area contributed by atoms with E-state index in [1.807, 2.05) is 13.8 Å². The number of imide groups is 1. The van der Waals surface area contributed by atoms with Gasteiger partial charge in [0.05, 0.1) is 29.1 Å². The van der Waals surface area contributed by atoms with Crippen LogP contribution < -0.4 is 0 Å². The van der Waals surface area contributed by atoms with Crippen molar-refractivity contribution in [2.24, 2.45) is 0 Å². The SMILES string of the molecule is C=Cc1nc(CN2C(=O)c3ccccc3C2=O)c(-c2cccc(F)c2)cc1C(=C)Cl.CC. The van der Waals surface area contributed by atoms with Gasteiger partial charge in [-0.3, -0.25) is 19.5 Å². The van der Waals surface area contributed by atoms with Gasteiger partial charge in [0.2, 0.25) is 0 Å². The van der Waals surface area contributed by atoms with Crippen LogP contribution in [0.5, 0.6) is 0 Å². The second kappa shape index (κ2) is 9.71. The quantitative estimate of drug-likeness (QED) is 0.415. The Labute approximate surface area is 191 Å². The van der Waals surface area contributed by atoms with Gasteiger partial charge in [-0.15, -0.1) is 0 Å². The van der Waals surface area contributed by atoms with Gasteiger partial charge < -0.3 is 0 Å². The van der Waals surface area contributed by atoms with Crippen LogP contribution in [0, 0.1) is 5.82 Å². The first-order valence-corrected chi connectivity index (χ1v) is 10.5. The number of fused-ring (bicyclic) bond motifs is 1. The highest BCUT2D eigenvalue weighted by molar-refractivity contribution is 6.48. The number of amides is 2. The Morgan fingerprint density at radius 2 is 1.66 bits per heavy atom. The van der Waals surface area contributed by atoms with Crippen LogP contribution in [0.15, 0.2) is 67.8 Å². The summed E-state index contributed by atoms with van der Waals surface area (Å²) in [4.78, 5) is 31.3. The molecule has 0 atom stereocenters. The fourth-order valence-electron chi connectivity index (χ4n) is 3.50. The van der Waals surface area contributed by atoms with Gasteiger partial charge in [-0.25, -0.2) is 4.39 Å². The van der Waals surface area contributed by atoms with E-state index in [2.05, 4.69) is 18.1 Å². The number of aromatic nitrogens is 1. The number of rotatable bonds is 5. The van der Waals surface area contributed by atoms with Crippen molar-refractivity contribution >= 4 is 34.5 Å². The van der Waals surface area contributed by atoms with Crippen molar-refractivity contribution in [2.75, 3.05) is 0 Å². The lowest BCUT2D eigenvalue weighted by atomic mass is 9.99. The van der Waals surface area contributed by atoms with Crippen molar-refractivity contribution in [1.29, 1.82) is 0 Å². The van der Waals surface area contributed by atoms with Gasteiger partial charge >= 0.3 is 0 Å². The summed E-state index contributed by atoms with van der Waals surface area (Å²) in [5.74, 6) is -1.21. The molecule has 3 aromatic rings. The van der Waals surface area contributed by atoms with Crippen molar-refractivity contribution in [1.82, 2.24) is 9.88 Å². The molecule has 2 amide bonds. The molecule has 1 aliphatic heterocycles. The molecule has 0 N–H and O–H groups in total. The average molecular weight is 449 g/mol. The molecule has 2 aromatic carbocycles. The Bertz CT molecular complexity index is 1200. The van der Waals surface area contributed by atoms with Gasteiger partial charge in [0.25, 0.3) is 11.8 Å². The van der Waals surface area contributed by atoms with Crippen LogP contribution in [0.2, 0.25) is 0 Å². The second-order valence-electron chi connectivity index (χ2n) is 6.78. The molecule has 6 heteroatoms. The maximum Gasteiger partial charge on any atom is 0.261 e. The molecule has 4 nitrogen and oxygen atoms in total. The van der Waals surface area contributed by atoms with Gasteiger partial charge in [0.15, 0.2) is 0 Å². The molecular formula is C26H22ClFN2O2. The highest BCUT2D eigenvalue weighted by Gasteiger charge is 2.36. The maximum absolute atomic E-state index is 13.9. The normalized spacial score (nSPS) is 12.2. The lowest BCUT2D eigenvalue weighted by molar-refractivity contribution is 0.0640. The van der Waals surface area contributed by atoms with E-state index in [1.54, 1.807) is 42.5 Å². The van der Waals surface area contributed by atoms with Crippen LogP contribution in [0.25, 0.3) is 22.2 Å². The molecule has 1 aromatic heterocycles. The number of hydrogen-bond donors (Lipinski definition) is 0. The Balaban J connectivity index is 0.00000141. The van der Waals surface area contributed by atoms with Gasteiger partial charge in [-0.1, -0.05) is 62.9 Å². The van der Waals surface area contributed by atoms with E-state index in [0.29, 0.717) is 39.2 Å². The van der Waals surface area contributed by atoms with Crippen molar-refractivity contribution < 1.29 is 14.0 Å². The monoisotopic (exact) mass is 448 g/mol. The minimum absolute atomic E-state index is 0.0753. The molecule has 32 heavy (non-hydrogen) atoms. The highest BCUT2D eigenvalue weighted by Crippen LogP contribution is 2.32. The number of pyridine rings is 1. The lowest BCUT2D eigenvalue weighted by Gasteiger charge is -2.18. The van der Waals surface area contributed by atoms with E-state index < -0.39 is 17.6 Å². The molecule has 0 saturated heterocycles. The van der Waals surface area contributed by atoms with Crippen molar-refractivity contribution in [3.8, 4) is 11.1 Å². The van der Waals surface area contributed by atoms with Crippen LogP contribution >= 0.6 is 11.6 Å². The van der Waals surface area contributed by atoms with Gasteiger partial charge in [0.1, 0.15) is 5.82 Å². The first kappa shape index (κ1) is 23.1. The molecule has 162 valence electrons. The van der Waals surface area contributed by atoms with E-state index in [0.717, 1.165) is 4.90 Å². The highest BCUT2D eigenvalue weighted by atomic mass is 35.5. The van der Waals surface area contributed by atoms with Gasteiger partial charge in [-0.05, 0) is 42.0 Å². The van der Waals surface area contributed by atoms with Crippen LogP contribution in [0.3, 0.4) is 0 Å². The minimum Gasteiger partial charge on any atom is -0.269 e. The second-order valence-corrected chi connectivity index (χ2v) is 7.23. The van der Waals surface area contributed by atoms with Gasteiger partial charge in [0, 0.05) is 16.2 Å². The topological polar surface area (TPSA) is 50.3 Å². The summed E-state index contributed by atoms with van der Waals surface area (Å²) >= 11 is 6.13. The molecule has 4 rings (SSSR count). The van der Waals surface area contributed by atoms with Gasteiger partial charge in [-0.2, -0.15) is 0 Å². The fraction of sp³-hybridized carbons (Fsp3) is 0.115. The molecule has 0 fully saturated rings. The minimum atomic E-state index is -0.418. The molecular weight excluding hydrogens is 427 g/mol. The third-order valence-electron chi connectivity index (χ3n) is 4.94. The van der Waals surface area contributed by atoms with E-state index in [9.17, 15) is 14.0 Å². The molecule has 2 heterocycles. The lowest BCUT2D eigenvalue weighted by Crippen LogP contribution is -2.30. The largest absolute Gasteiger partial charge is 0.269 e. The van der Waals surface area contributed by atoms with Crippen LogP contribution in [0.4, 0.5) is 4.39 Å². The fourth-order valence-corrected chi connectivity index (χ4v) is 3.65. The first-order valence-electron chi connectivity index (χ1n) is 10.1. The molecule has 0 bridgehead atoms. The number of nitrogens with zero attached hydrogens (tertiary/aromatic N) is 2. The predicted octanol–water partition coefficient (Wildman–Crippen LogP) is 6.56. The molecule has 0 unspecified atom stereocenters. The van der Waals surface area contributed by atoms with Crippen LogP contribution in [0.1, 0.15) is 51.5 Å². The summed E-state index contributed by atoms with van der Waals surface area (Å²) in [7, 11) is 0. The van der Waals surface area contributed by atoms with Crippen molar-refractivity contribution in [2.45, 2.75) is 20.4 Å². The van der Waals surface area contributed by atoms with E-state index in [4.69, 9.17) is 11.6 Å². The smallest absolute Gasteiger partial charge is 0.261 e. The maximum atomic E-state index is 13.9. The zero-order valence-electron chi connectivity index (χ0n) is 17.9. The Kier molecular flexibility index (Phi) is 7.01. The predicted molar refractivity (Wildman–Crippen MR) is 127 cm³/mol. The van der Waals surface area contributed by atoms with Crippen LogP contribution in [-0.2, 0) is 6.54 Å². The Morgan fingerprint density at radius 1 is 1.03 bits per heavy atom. The van der Waals surface area contributed by atoms with Crippen LogP contribution in [-0.4, -0.2) is 21.7 Å². The molecule has 0 spiro atoms. The first-order chi connectivity index (χ1) is 15.4. The summed E-state index contributed by atoms with van der Waals surface area (Å²) in [6.07, 6.45) is 1.52. The van der Waals surface area contributed by atoms with E-state index in [1.165, 1.54) is 18.2 Å². The summed E-state index contributed by atoms with van der Waals surface area (Å²) in [6, 6.07) is 14.4. The molecule has 0 aliphatic carbocycles. The molecule has 0 radical (unpaired) electrons. The molecule has 0 saturated carbocycles. The van der Waals surface area contributed by atoms with E-state index in [-0.39, 0.29) is 11.6 Å². The summed E-state index contributed by atoms with van der Waals surface area (Å²) in [6.45, 7) is 11.4. The standard InChI is InChI=1S/C24H16ClFN2O2.C2H6/c1-3-21-19(14(2)25)12-20(15-7-6-8-16(26)11-15)22(27-21)13-28-23(29)17-9-4-5-10-18(17)24(28)30;1-2/h3-12H,1-2,13H2;1-2H3. The number of carbonyl (C=O) groups is 2. The third kappa shape index (κ3) is 4.25. The zero-order chi connectivity index (χ0) is 23.4. The summed E-state index contributed by atoms with van der Waals surface area (Å²) in [5, 5.41) is 0.252. The molecule has 1 aliphatic rings. The average Bonchev–Trinajstić information content (AvgIpc) is 3.05. The number of hydrogen-bond acceptors (Lipinski definition) is 3. The third-order valence-corrected chi connectivity index (χ3v) is 5.14. The number of carbonyl (C=O) groups excluding carboxylic acids is 2. The summed E-state index contributed by atoms with van der Waals surface area (Å²) < 4.78 is 13.9. The number of benzene rings is 2. The Morgan fingerprint density at radius 3 is 2.19 bits per heavy atom.